The monoisotopic (exact) mass is 529 g/mol. The summed E-state index contributed by atoms with van der Waals surface area (Å²) in [4.78, 5) is 26.6. The van der Waals surface area contributed by atoms with Crippen LogP contribution in [0.1, 0.15) is 24.8 Å². The molecular formula is C30H26F3N5O. The first-order valence-electron chi connectivity index (χ1n) is 13.2. The molecule has 9 heteroatoms. The lowest BCUT2D eigenvalue weighted by Gasteiger charge is -2.18. The molecule has 0 spiro atoms. The summed E-state index contributed by atoms with van der Waals surface area (Å²) in [5, 5.41) is 0. The van der Waals surface area contributed by atoms with Gasteiger partial charge < -0.3 is 14.5 Å². The van der Waals surface area contributed by atoms with Crippen LogP contribution >= 0.6 is 0 Å². The zero-order chi connectivity index (χ0) is 26.7. The van der Waals surface area contributed by atoms with E-state index >= 15 is 0 Å². The van der Waals surface area contributed by atoms with Crippen LogP contribution in [0.5, 0.6) is 0 Å². The molecule has 2 aromatic heterocycles. The van der Waals surface area contributed by atoms with Gasteiger partial charge in [0.15, 0.2) is 0 Å². The minimum absolute atomic E-state index is 0.182. The number of nitrogens with one attached hydrogen (secondary N) is 1. The van der Waals surface area contributed by atoms with E-state index in [-0.39, 0.29) is 17.7 Å². The molecule has 1 saturated heterocycles. The molecule has 1 saturated carbocycles. The number of benzene rings is 3. The van der Waals surface area contributed by atoms with Gasteiger partial charge in [0, 0.05) is 31.1 Å². The van der Waals surface area contributed by atoms with Crippen molar-refractivity contribution in [3.8, 4) is 22.5 Å². The molecule has 1 aliphatic heterocycles. The van der Waals surface area contributed by atoms with E-state index in [9.17, 15) is 18.0 Å². The number of aromatic amines is 1. The van der Waals surface area contributed by atoms with Crippen molar-refractivity contribution in [2.45, 2.75) is 32.0 Å². The van der Waals surface area contributed by atoms with Crippen LogP contribution < -0.4 is 0 Å². The number of halogens is 3. The summed E-state index contributed by atoms with van der Waals surface area (Å²) in [7, 11) is 0. The van der Waals surface area contributed by atoms with Gasteiger partial charge in [0.25, 0.3) is 0 Å². The molecule has 2 fully saturated rings. The molecule has 1 amide bonds. The number of hydrogen-bond acceptors (Lipinski definition) is 3. The number of alkyl halides is 3. The Labute approximate surface area is 222 Å². The average Bonchev–Trinajstić information content (AvgIpc) is 3.33. The number of amides is 1. The van der Waals surface area contributed by atoms with E-state index in [4.69, 9.17) is 4.98 Å². The second-order valence-corrected chi connectivity index (χ2v) is 10.7. The number of aromatic nitrogens is 4. The van der Waals surface area contributed by atoms with Crippen LogP contribution in [0.2, 0.25) is 0 Å². The van der Waals surface area contributed by atoms with Gasteiger partial charge in [-0.05, 0) is 66.6 Å². The third-order valence-corrected chi connectivity index (χ3v) is 7.94. The van der Waals surface area contributed by atoms with E-state index in [1.807, 2.05) is 51.9 Å². The highest BCUT2D eigenvalue weighted by Crippen LogP contribution is 2.36. The van der Waals surface area contributed by atoms with Gasteiger partial charge in [-0.3, -0.25) is 4.79 Å². The first-order chi connectivity index (χ1) is 18.8. The largest absolute Gasteiger partial charge is 0.416 e. The van der Waals surface area contributed by atoms with Crippen LogP contribution in [0.4, 0.5) is 13.2 Å². The Balaban J connectivity index is 1.24. The molecule has 1 aliphatic carbocycles. The SMILES string of the molecule is O=C(C1CC1)N1CC[C@H](Cn2c(-c3ccc(-c4ccc5nc[nH]c5c4)cc3)nc3cc(C(F)(F)F)ccc32)C1. The summed E-state index contributed by atoms with van der Waals surface area (Å²) in [6.07, 6.45) is 0.0444. The van der Waals surface area contributed by atoms with Crippen LogP contribution in [-0.2, 0) is 17.5 Å². The van der Waals surface area contributed by atoms with E-state index in [1.54, 1.807) is 6.33 Å². The first kappa shape index (κ1) is 23.9. The fraction of sp³-hybridized carbons (Fsp3) is 0.300. The molecule has 5 aromatic rings. The number of hydrogen-bond donors (Lipinski definition) is 1. The number of nitrogens with zero attached hydrogens (tertiary/aromatic N) is 4. The van der Waals surface area contributed by atoms with Crippen molar-refractivity contribution in [3.05, 3.63) is 72.6 Å². The van der Waals surface area contributed by atoms with E-state index in [1.165, 1.54) is 6.07 Å². The number of imidazole rings is 2. The molecule has 1 atom stereocenters. The summed E-state index contributed by atoms with van der Waals surface area (Å²) in [6, 6.07) is 17.7. The summed E-state index contributed by atoms with van der Waals surface area (Å²) in [5.74, 6) is 1.27. The molecular weight excluding hydrogens is 503 g/mol. The lowest BCUT2D eigenvalue weighted by atomic mass is 10.0. The second-order valence-electron chi connectivity index (χ2n) is 10.7. The molecule has 1 N–H and O–H groups in total. The summed E-state index contributed by atoms with van der Waals surface area (Å²) in [5.41, 5.74) is 5.00. The fourth-order valence-electron chi connectivity index (χ4n) is 5.67. The smallest absolute Gasteiger partial charge is 0.345 e. The highest BCUT2D eigenvalue weighted by Gasteiger charge is 2.37. The molecule has 39 heavy (non-hydrogen) atoms. The minimum atomic E-state index is -4.44. The van der Waals surface area contributed by atoms with E-state index in [0.717, 1.165) is 65.7 Å². The summed E-state index contributed by atoms with van der Waals surface area (Å²) in [6.45, 7) is 1.99. The fourth-order valence-corrected chi connectivity index (χ4v) is 5.67. The number of carbonyl (C=O) groups excluding carboxylic acids is 1. The molecule has 2 aliphatic rings. The highest BCUT2D eigenvalue weighted by molar-refractivity contribution is 5.84. The Kier molecular flexibility index (Phi) is 5.50. The quantitative estimate of drug-likeness (QED) is 0.282. The van der Waals surface area contributed by atoms with Gasteiger partial charge in [-0.2, -0.15) is 13.2 Å². The van der Waals surface area contributed by atoms with Crippen LogP contribution in [0.3, 0.4) is 0 Å². The Morgan fingerprint density at radius 1 is 0.923 bits per heavy atom. The van der Waals surface area contributed by atoms with Crippen molar-refractivity contribution >= 4 is 28.0 Å². The van der Waals surface area contributed by atoms with E-state index < -0.39 is 11.7 Å². The topological polar surface area (TPSA) is 66.8 Å². The van der Waals surface area contributed by atoms with Crippen molar-refractivity contribution in [1.29, 1.82) is 0 Å². The van der Waals surface area contributed by atoms with Crippen LogP contribution in [0.25, 0.3) is 44.6 Å². The standard InChI is InChI=1S/C30H26F3N5O/c31-30(32,33)23-8-10-27-26(14-23)36-28(38(27)16-18-11-12-37(15-18)29(39)21-5-6-21)20-3-1-19(2-4-20)22-7-9-24-25(13-22)35-17-34-24/h1-4,7-10,13-14,17-18,21H,5-6,11-12,15-16H2,(H,34,35)/t18-/m0/s1. The van der Waals surface area contributed by atoms with Crippen molar-refractivity contribution in [1.82, 2.24) is 24.4 Å². The third kappa shape index (κ3) is 4.45. The number of H-pyrrole nitrogens is 1. The average molecular weight is 530 g/mol. The van der Waals surface area contributed by atoms with Gasteiger partial charge in [0.1, 0.15) is 5.82 Å². The lowest BCUT2D eigenvalue weighted by Crippen LogP contribution is -2.30. The summed E-state index contributed by atoms with van der Waals surface area (Å²) >= 11 is 0. The van der Waals surface area contributed by atoms with Gasteiger partial charge in [-0.15, -0.1) is 0 Å². The van der Waals surface area contributed by atoms with Crippen molar-refractivity contribution in [3.63, 3.8) is 0 Å². The Morgan fingerprint density at radius 3 is 2.46 bits per heavy atom. The Morgan fingerprint density at radius 2 is 1.69 bits per heavy atom. The molecule has 0 bridgehead atoms. The third-order valence-electron chi connectivity index (χ3n) is 7.94. The minimum Gasteiger partial charge on any atom is -0.345 e. The summed E-state index contributed by atoms with van der Waals surface area (Å²) < 4.78 is 42.4. The normalized spacial score (nSPS) is 17.9. The second kappa shape index (κ2) is 8.97. The molecule has 6 nitrogen and oxygen atoms in total. The van der Waals surface area contributed by atoms with Crippen molar-refractivity contribution < 1.29 is 18.0 Å². The predicted octanol–water partition coefficient (Wildman–Crippen LogP) is 6.52. The Bertz CT molecular complexity index is 1700. The predicted molar refractivity (Wildman–Crippen MR) is 143 cm³/mol. The number of carbonyl (C=O) groups is 1. The lowest BCUT2D eigenvalue weighted by molar-refractivity contribution is -0.137. The van der Waals surface area contributed by atoms with Crippen LogP contribution in [0.15, 0.2) is 67.0 Å². The zero-order valence-corrected chi connectivity index (χ0v) is 21.1. The Hall–Kier alpha value is -4.14. The van der Waals surface area contributed by atoms with Gasteiger partial charge >= 0.3 is 6.18 Å². The maximum absolute atomic E-state index is 13.5. The van der Waals surface area contributed by atoms with E-state index in [2.05, 4.69) is 9.97 Å². The first-order valence-corrected chi connectivity index (χ1v) is 13.2. The molecule has 3 heterocycles. The molecule has 0 unspecified atom stereocenters. The van der Waals surface area contributed by atoms with Crippen LogP contribution in [0, 0.1) is 11.8 Å². The van der Waals surface area contributed by atoms with E-state index in [0.29, 0.717) is 29.9 Å². The van der Waals surface area contributed by atoms with Gasteiger partial charge in [-0.1, -0.05) is 30.3 Å². The van der Waals surface area contributed by atoms with Crippen molar-refractivity contribution in [2.24, 2.45) is 11.8 Å². The molecule has 3 aromatic carbocycles. The number of fused-ring (bicyclic) bond motifs is 2. The van der Waals surface area contributed by atoms with Crippen LogP contribution in [-0.4, -0.2) is 43.4 Å². The van der Waals surface area contributed by atoms with Gasteiger partial charge in [0.2, 0.25) is 5.91 Å². The maximum Gasteiger partial charge on any atom is 0.416 e. The molecule has 7 rings (SSSR count). The molecule has 0 radical (unpaired) electrons. The zero-order valence-electron chi connectivity index (χ0n) is 21.1. The van der Waals surface area contributed by atoms with Crippen molar-refractivity contribution in [2.75, 3.05) is 13.1 Å². The maximum atomic E-state index is 13.5. The highest BCUT2D eigenvalue weighted by atomic mass is 19.4. The number of rotatable bonds is 5. The molecule has 198 valence electrons. The number of likely N-dealkylation sites (tertiary alicyclic amines) is 1. The van der Waals surface area contributed by atoms with Gasteiger partial charge in [0.05, 0.1) is 34.0 Å². The van der Waals surface area contributed by atoms with Gasteiger partial charge in [-0.25, -0.2) is 9.97 Å².